The van der Waals surface area contributed by atoms with E-state index in [1.54, 1.807) is 0 Å². The van der Waals surface area contributed by atoms with Gasteiger partial charge in [0.25, 0.3) is 0 Å². The number of amides is 2. The molecule has 0 spiro atoms. The lowest BCUT2D eigenvalue weighted by Crippen LogP contribution is -2.43. The molecule has 0 fully saturated rings. The van der Waals surface area contributed by atoms with E-state index in [1.165, 1.54) is 0 Å². The molecule has 0 aromatic heterocycles. The molecule has 2 aromatic carbocycles. The number of aliphatic carboxylic acids is 1. The Morgan fingerprint density at radius 3 is 2.07 bits per heavy atom. The van der Waals surface area contributed by atoms with Crippen LogP contribution in [-0.4, -0.2) is 42.8 Å². The van der Waals surface area contributed by atoms with E-state index < -0.39 is 30.4 Å². The molecule has 1 aliphatic carbocycles. The second-order valence-corrected chi connectivity index (χ2v) is 7.67. The van der Waals surface area contributed by atoms with Gasteiger partial charge >= 0.3 is 12.1 Å². The number of rotatable bonds is 8. The number of benzene rings is 2. The van der Waals surface area contributed by atoms with Crippen molar-refractivity contribution in [1.82, 2.24) is 10.6 Å². The molecule has 158 valence electrons. The fraction of sp³-hybridized carbons (Fsp3) is 0.348. The summed E-state index contributed by atoms with van der Waals surface area (Å²) in [6, 6.07) is 16.2. The van der Waals surface area contributed by atoms with Gasteiger partial charge in [0, 0.05) is 12.5 Å². The van der Waals surface area contributed by atoms with E-state index in [1.807, 2.05) is 50.2 Å². The molecule has 1 atom stereocenters. The number of fused-ring (bicyclic) bond motifs is 3. The van der Waals surface area contributed by atoms with Crippen LogP contribution >= 0.6 is 0 Å². The van der Waals surface area contributed by atoms with Crippen LogP contribution in [-0.2, 0) is 14.3 Å². The molecule has 7 nitrogen and oxygen atoms in total. The first kappa shape index (κ1) is 21.4. The molecular weight excluding hydrogens is 384 g/mol. The van der Waals surface area contributed by atoms with Crippen LogP contribution in [0.2, 0.25) is 0 Å². The van der Waals surface area contributed by atoms with Crippen LogP contribution in [0.5, 0.6) is 0 Å². The van der Waals surface area contributed by atoms with E-state index in [0.717, 1.165) is 22.3 Å². The van der Waals surface area contributed by atoms with E-state index in [2.05, 4.69) is 22.8 Å². The number of nitrogens with one attached hydrogen (secondary N) is 2. The predicted molar refractivity (Wildman–Crippen MR) is 112 cm³/mol. The fourth-order valence-electron chi connectivity index (χ4n) is 3.77. The van der Waals surface area contributed by atoms with Gasteiger partial charge in [0.15, 0.2) is 0 Å². The number of carbonyl (C=O) groups is 3. The Kier molecular flexibility index (Phi) is 6.72. The average Bonchev–Trinajstić information content (AvgIpc) is 3.04. The molecule has 3 rings (SSSR count). The molecule has 2 amide bonds. The Labute approximate surface area is 175 Å². The zero-order valence-corrected chi connectivity index (χ0v) is 17.1. The van der Waals surface area contributed by atoms with Crippen molar-refractivity contribution in [3.8, 4) is 11.1 Å². The molecule has 0 radical (unpaired) electrons. The van der Waals surface area contributed by atoms with Crippen molar-refractivity contribution in [2.24, 2.45) is 11.8 Å². The Balaban J connectivity index is 1.58. The smallest absolute Gasteiger partial charge is 0.407 e. The van der Waals surface area contributed by atoms with Crippen molar-refractivity contribution in [3.05, 3.63) is 59.7 Å². The normalized spacial score (nSPS) is 13.3. The lowest BCUT2D eigenvalue weighted by molar-refractivity contribution is -0.138. The first-order valence-electron chi connectivity index (χ1n) is 9.96. The van der Waals surface area contributed by atoms with Crippen LogP contribution in [0.3, 0.4) is 0 Å². The van der Waals surface area contributed by atoms with Crippen molar-refractivity contribution >= 4 is 18.0 Å². The molecule has 0 aliphatic heterocycles. The van der Waals surface area contributed by atoms with Crippen LogP contribution in [0.15, 0.2) is 48.5 Å². The van der Waals surface area contributed by atoms with Gasteiger partial charge in [-0.15, -0.1) is 0 Å². The van der Waals surface area contributed by atoms with Crippen LogP contribution in [0.1, 0.15) is 30.9 Å². The second-order valence-electron chi connectivity index (χ2n) is 7.67. The van der Waals surface area contributed by atoms with Crippen molar-refractivity contribution in [2.45, 2.75) is 19.8 Å². The molecule has 2 aromatic rings. The molecule has 0 saturated carbocycles. The maximum Gasteiger partial charge on any atom is 0.407 e. The Bertz CT molecular complexity index is 895. The molecular formula is C23H26N2O5. The predicted octanol–water partition coefficient (Wildman–Crippen LogP) is 3.00. The van der Waals surface area contributed by atoms with Gasteiger partial charge in [-0.1, -0.05) is 62.4 Å². The maximum absolute atomic E-state index is 12.3. The lowest BCUT2D eigenvalue weighted by Gasteiger charge is -2.20. The molecule has 1 aliphatic rings. The summed E-state index contributed by atoms with van der Waals surface area (Å²) < 4.78 is 5.47. The zero-order valence-electron chi connectivity index (χ0n) is 17.1. The third-order valence-corrected chi connectivity index (χ3v) is 5.37. The van der Waals surface area contributed by atoms with Crippen LogP contribution in [0, 0.1) is 11.8 Å². The van der Waals surface area contributed by atoms with Gasteiger partial charge in [-0.05, 0) is 28.2 Å². The van der Waals surface area contributed by atoms with Crippen molar-refractivity contribution in [2.75, 3.05) is 19.7 Å². The maximum atomic E-state index is 12.3. The third kappa shape index (κ3) is 4.79. The van der Waals surface area contributed by atoms with Gasteiger partial charge < -0.3 is 20.5 Å². The highest BCUT2D eigenvalue weighted by atomic mass is 16.5. The van der Waals surface area contributed by atoms with Crippen LogP contribution < -0.4 is 10.6 Å². The van der Waals surface area contributed by atoms with Crippen molar-refractivity contribution in [3.63, 3.8) is 0 Å². The first-order chi connectivity index (χ1) is 14.4. The van der Waals surface area contributed by atoms with E-state index in [4.69, 9.17) is 9.84 Å². The summed E-state index contributed by atoms with van der Waals surface area (Å²) in [6.45, 7) is 3.49. The summed E-state index contributed by atoms with van der Waals surface area (Å²) >= 11 is 0. The van der Waals surface area contributed by atoms with Gasteiger partial charge in [0.05, 0.1) is 5.92 Å². The Morgan fingerprint density at radius 1 is 0.967 bits per heavy atom. The molecule has 0 bridgehead atoms. The van der Waals surface area contributed by atoms with Gasteiger partial charge in [0.1, 0.15) is 13.2 Å². The van der Waals surface area contributed by atoms with Crippen molar-refractivity contribution in [1.29, 1.82) is 0 Å². The summed E-state index contributed by atoms with van der Waals surface area (Å²) in [6.07, 6.45) is -0.603. The monoisotopic (exact) mass is 410 g/mol. The van der Waals surface area contributed by atoms with E-state index in [9.17, 15) is 14.4 Å². The minimum absolute atomic E-state index is 0.0390. The summed E-state index contributed by atoms with van der Waals surface area (Å²) in [5, 5.41) is 13.7. The quantitative estimate of drug-likeness (QED) is 0.621. The number of ether oxygens (including phenoxy) is 1. The summed E-state index contributed by atoms with van der Waals surface area (Å²) in [4.78, 5) is 35.1. The second kappa shape index (κ2) is 9.43. The summed E-state index contributed by atoms with van der Waals surface area (Å²) in [5.41, 5.74) is 4.55. The molecule has 3 N–H and O–H groups in total. The number of carbonyl (C=O) groups excluding carboxylic acids is 2. The first-order valence-corrected chi connectivity index (χ1v) is 9.96. The number of hydrogen-bond donors (Lipinski definition) is 3. The zero-order chi connectivity index (χ0) is 21.7. The standard InChI is InChI=1S/C23H26N2O5/c1-14(2)19(22(28)24-12-21(26)27)11-25-23(29)30-13-20-17-9-5-3-7-15(17)16-8-4-6-10-18(16)20/h3-10,14,19-20H,11-13H2,1-2H3,(H,24,28)(H,25,29)(H,26,27). The van der Waals surface area contributed by atoms with Gasteiger partial charge in [-0.3, -0.25) is 9.59 Å². The minimum Gasteiger partial charge on any atom is -0.480 e. The Hall–Kier alpha value is -3.35. The summed E-state index contributed by atoms with van der Waals surface area (Å²) in [7, 11) is 0. The SMILES string of the molecule is CC(C)C(CNC(=O)OCC1c2ccccc2-c2ccccc21)C(=O)NCC(=O)O. The Morgan fingerprint density at radius 2 is 1.53 bits per heavy atom. The number of hydrogen-bond acceptors (Lipinski definition) is 4. The highest BCUT2D eigenvalue weighted by molar-refractivity contribution is 5.83. The largest absolute Gasteiger partial charge is 0.480 e. The van der Waals surface area contributed by atoms with Crippen LogP contribution in [0.4, 0.5) is 4.79 Å². The molecule has 0 saturated heterocycles. The summed E-state index contributed by atoms with van der Waals surface area (Å²) in [5.74, 6) is -2.19. The molecule has 7 heteroatoms. The number of carboxylic acids is 1. The van der Waals surface area contributed by atoms with Gasteiger partial charge in [-0.2, -0.15) is 0 Å². The highest BCUT2D eigenvalue weighted by Gasteiger charge is 2.29. The minimum atomic E-state index is -1.12. The number of carboxylic acid groups (broad SMARTS) is 1. The molecule has 1 unspecified atom stereocenters. The van der Waals surface area contributed by atoms with Crippen LogP contribution in [0.25, 0.3) is 11.1 Å². The topological polar surface area (TPSA) is 105 Å². The fourth-order valence-corrected chi connectivity index (χ4v) is 3.77. The van der Waals surface area contributed by atoms with E-state index in [0.29, 0.717) is 0 Å². The lowest BCUT2D eigenvalue weighted by atomic mass is 9.95. The molecule has 30 heavy (non-hydrogen) atoms. The number of alkyl carbamates (subject to hydrolysis) is 1. The van der Waals surface area contributed by atoms with E-state index in [-0.39, 0.29) is 25.0 Å². The third-order valence-electron chi connectivity index (χ3n) is 5.37. The van der Waals surface area contributed by atoms with Gasteiger partial charge in [0.2, 0.25) is 5.91 Å². The van der Waals surface area contributed by atoms with Crippen molar-refractivity contribution < 1.29 is 24.2 Å². The van der Waals surface area contributed by atoms with E-state index >= 15 is 0 Å². The highest BCUT2D eigenvalue weighted by Crippen LogP contribution is 2.44. The average molecular weight is 410 g/mol. The van der Waals surface area contributed by atoms with Gasteiger partial charge in [-0.25, -0.2) is 4.79 Å². The molecule has 0 heterocycles.